The molecule has 0 radical (unpaired) electrons. The molecule has 0 aliphatic carbocycles. The first kappa shape index (κ1) is 24.6. The van der Waals surface area contributed by atoms with Crippen LogP contribution >= 0.6 is 0 Å². The zero-order valence-electron chi connectivity index (χ0n) is 18.0. The number of piperidine rings is 2. The maximum atomic E-state index is 14.4. The molecule has 13 heteroatoms. The number of carbonyl (C=O) groups excluding carboxylic acids is 3. The van der Waals surface area contributed by atoms with E-state index in [1.807, 2.05) is 0 Å². The fourth-order valence-electron chi connectivity index (χ4n) is 4.84. The molecule has 1 atom stereocenters. The number of halogens is 4. The minimum Gasteiger partial charge on any atom is -0.322 e. The fourth-order valence-corrected chi connectivity index (χ4v) is 6.35. The van der Waals surface area contributed by atoms with Crippen molar-refractivity contribution in [1.82, 2.24) is 14.5 Å². The van der Waals surface area contributed by atoms with Gasteiger partial charge in [-0.3, -0.25) is 19.7 Å². The van der Waals surface area contributed by atoms with Crippen molar-refractivity contribution in [2.24, 2.45) is 0 Å². The van der Waals surface area contributed by atoms with Crippen molar-refractivity contribution in [3.8, 4) is 0 Å². The Balaban J connectivity index is 1.50. The van der Waals surface area contributed by atoms with Gasteiger partial charge in [-0.1, -0.05) is 0 Å². The number of benzene rings is 1. The molecule has 1 aromatic carbocycles. The number of carbonyl (C=O) groups is 3. The maximum absolute atomic E-state index is 14.4. The average Bonchev–Trinajstić information content (AvgIpc) is 3.08. The summed E-state index contributed by atoms with van der Waals surface area (Å²) < 4.78 is 77.4. The molecule has 34 heavy (non-hydrogen) atoms. The van der Waals surface area contributed by atoms with Gasteiger partial charge in [-0.05, 0) is 48.4 Å². The highest BCUT2D eigenvalue weighted by Gasteiger charge is 2.41. The van der Waals surface area contributed by atoms with Gasteiger partial charge in [0.25, 0.3) is 5.91 Å². The molecule has 0 spiro atoms. The molecule has 1 N–H and O–H groups in total. The average molecular weight is 505 g/mol. The summed E-state index contributed by atoms with van der Waals surface area (Å²) in [4.78, 5) is 38.0. The number of imide groups is 1. The Kier molecular flexibility index (Phi) is 6.44. The van der Waals surface area contributed by atoms with Crippen molar-refractivity contribution in [3.63, 3.8) is 0 Å². The van der Waals surface area contributed by atoms with Crippen LogP contribution in [-0.2, 0) is 26.2 Å². The molecule has 3 heterocycles. The molecule has 3 aliphatic heterocycles. The minimum atomic E-state index is -4.57. The fraction of sp³-hybridized carbons (Fsp3) is 0.571. The normalized spacial score (nSPS) is 22.8. The van der Waals surface area contributed by atoms with E-state index >= 15 is 0 Å². The minimum absolute atomic E-state index is 0.0129. The summed E-state index contributed by atoms with van der Waals surface area (Å²) in [7, 11) is -4.08. The Morgan fingerprint density at radius 2 is 1.74 bits per heavy atom. The largest absolute Gasteiger partial charge is 0.390 e. The van der Waals surface area contributed by atoms with E-state index in [1.54, 1.807) is 0 Å². The topological polar surface area (TPSA) is 104 Å². The van der Waals surface area contributed by atoms with Crippen LogP contribution in [-0.4, -0.2) is 66.4 Å². The van der Waals surface area contributed by atoms with Gasteiger partial charge in [0.1, 0.15) is 11.9 Å². The van der Waals surface area contributed by atoms with E-state index in [2.05, 4.69) is 5.32 Å². The monoisotopic (exact) mass is 505 g/mol. The summed E-state index contributed by atoms with van der Waals surface area (Å²) >= 11 is 0. The Labute approximate surface area is 193 Å². The van der Waals surface area contributed by atoms with Gasteiger partial charge in [-0.15, -0.1) is 0 Å². The number of nitrogens with zero attached hydrogens (tertiary/aromatic N) is 2. The first-order valence-corrected chi connectivity index (χ1v) is 12.5. The second-order valence-electron chi connectivity index (χ2n) is 8.78. The third-order valence-corrected chi connectivity index (χ3v) is 8.46. The lowest BCUT2D eigenvalue weighted by Gasteiger charge is -2.32. The van der Waals surface area contributed by atoms with Crippen molar-refractivity contribution >= 4 is 27.7 Å². The zero-order chi connectivity index (χ0) is 24.8. The molecule has 2 saturated heterocycles. The number of hydrogen-bond donors (Lipinski definition) is 1. The molecule has 8 nitrogen and oxygen atoms in total. The van der Waals surface area contributed by atoms with Crippen molar-refractivity contribution in [1.29, 1.82) is 0 Å². The van der Waals surface area contributed by atoms with E-state index in [1.165, 1.54) is 11.0 Å². The van der Waals surface area contributed by atoms with Crippen molar-refractivity contribution < 1.29 is 40.4 Å². The van der Waals surface area contributed by atoms with E-state index in [9.17, 15) is 40.4 Å². The number of fused-ring (bicyclic) bond motifs is 1. The Morgan fingerprint density at radius 1 is 1.06 bits per heavy atom. The van der Waals surface area contributed by atoms with Crippen LogP contribution in [0, 0.1) is 5.82 Å². The predicted molar refractivity (Wildman–Crippen MR) is 110 cm³/mol. The van der Waals surface area contributed by atoms with Crippen LogP contribution < -0.4 is 5.32 Å². The molecule has 1 aromatic rings. The van der Waals surface area contributed by atoms with Gasteiger partial charge in [0, 0.05) is 31.6 Å². The first-order valence-electron chi connectivity index (χ1n) is 10.9. The lowest BCUT2D eigenvalue weighted by molar-refractivity contribution is -0.137. The third kappa shape index (κ3) is 4.95. The summed E-state index contributed by atoms with van der Waals surface area (Å²) in [5.74, 6) is -3.49. The Hall–Kier alpha value is -2.54. The Bertz CT molecular complexity index is 1130. The summed E-state index contributed by atoms with van der Waals surface area (Å²) in [6.45, 7) is 0.0298. The van der Waals surface area contributed by atoms with E-state index in [4.69, 9.17) is 0 Å². The number of rotatable bonds is 5. The molecule has 1 unspecified atom stereocenters. The summed E-state index contributed by atoms with van der Waals surface area (Å²) in [5.41, 5.74) is 1.21. The van der Waals surface area contributed by atoms with Crippen LogP contribution in [0.25, 0.3) is 0 Å². The zero-order valence-corrected chi connectivity index (χ0v) is 18.8. The lowest BCUT2D eigenvalue weighted by Crippen LogP contribution is -2.52. The first-order chi connectivity index (χ1) is 15.9. The molecular formula is C21H23F4N3O5S. The number of alkyl halides is 3. The SMILES string of the molecule is O=C1CCC(N2Cc3c(cc(F)cc3C3CCN(S(=O)(=O)CCC(F)(F)F)CC3)C2=O)C(=O)N1. The van der Waals surface area contributed by atoms with E-state index in [-0.39, 0.29) is 56.8 Å². The van der Waals surface area contributed by atoms with Crippen molar-refractivity contribution in [2.75, 3.05) is 18.8 Å². The molecule has 4 rings (SSSR count). The molecule has 186 valence electrons. The van der Waals surface area contributed by atoms with E-state index in [0.29, 0.717) is 11.1 Å². The van der Waals surface area contributed by atoms with Gasteiger partial charge in [-0.2, -0.15) is 13.2 Å². The summed E-state index contributed by atoms with van der Waals surface area (Å²) in [5, 5.41) is 2.20. The van der Waals surface area contributed by atoms with Crippen LogP contribution in [0.2, 0.25) is 0 Å². The van der Waals surface area contributed by atoms with Crippen LogP contribution in [0.3, 0.4) is 0 Å². The molecular weight excluding hydrogens is 482 g/mol. The summed E-state index contributed by atoms with van der Waals surface area (Å²) in [6, 6.07) is 1.54. The molecule has 0 aromatic heterocycles. The highest BCUT2D eigenvalue weighted by molar-refractivity contribution is 7.89. The molecule has 2 fully saturated rings. The number of sulfonamides is 1. The standard InChI is InChI=1S/C21H23F4N3O5S/c22-13-9-14(12-3-6-27(7-4-12)34(32,33)8-5-21(23,24)25)16-11-28(20(31)15(16)10-13)17-1-2-18(29)26-19(17)30/h9-10,12,17H,1-8,11H2,(H,26,29,30). The molecule has 3 aliphatic rings. The number of nitrogens with one attached hydrogen (secondary N) is 1. The van der Waals surface area contributed by atoms with Gasteiger partial charge < -0.3 is 4.90 Å². The highest BCUT2D eigenvalue weighted by atomic mass is 32.2. The second-order valence-corrected chi connectivity index (χ2v) is 10.9. The highest BCUT2D eigenvalue weighted by Crippen LogP contribution is 2.38. The molecule has 0 saturated carbocycles. The van der Waals surface area contributed by atoms with Crippen LogP contribution in [0.1, 0.15) is 59.5 Å². The van der Waals surface area contributed by atoms with Gasteiger partial charge in [0.15, 0.2) is 0 Å². The van der Waals surface area contributed by atoms with Gasteiger partial charge >= 0.3 is 6.18 Å². The third-order valence-electron chi connectivity index (χ3n) is 6.59. The van der Waals surface area contributed by atoms with Crippen molar-refractivity contribution in [3.05, 3.63) is 34.6 Å². The predicted octanol–water partition coefficient (Wildman–Crippen LogP) is 2.05. The van der Waals surface area contributed by atoms with E-state index in [0.717, 1.165) is 10.4 Å². The quantitative estimate of drug-likeness (QED) is 0.487. The van der Waals surface area contributed by atoms with Crippen LogP contribution in [0.4, 0.5) is 17.6 Å². The molecule has 0 bridgehead atoms. The smallest absolute Gasteiger partial charge is 0.322 e. The van der Waals surface area contributed by atoms with Crippen molar-refractivity contribution in [2.45, 2.75) is 56.8 Å². The van der Waals surface area contributed by atoms with Gasteiger partial charge in [-0.25, -0.2) is 17.1 Å². The van der Waals surface area contributed by atoms with E-state index < -0.39 is 58.0 Å². The second kappa shape index (κ2) is 8.91. The lowest BCUT2D eigenvalue weighted by atomic mass is 9.86. The van der Waals surface area contributed by atoms with Crippen LogP contribution in [0.15, 0.2) is 12.1 Å². The number of hydrogen-bond acceptors (Lipinski definition) is 5. The van der Waals surface area contributed by atoms with Crippen LogP contribution in [0.5, 0.6) is 0 Å². The molecule has 3 amide bonds. The van der Waals surface area contributed by atoms with Gasteiger partial charge in [0.05, 0.1) is 12.2 Å². The Morgan fingerprint density at radius 3 is 2.35 bits per heavy atom. The number of amides is 3. The van der Waals surface area contributed by atoms with Gasteiger partial charge in [0.2, 0.25) is 21.8 Å². The summed E-state index contributed by atoms with van der Waals surface area (Å²) in [6.07, 6.45) is -5.24. The maximum Gasteiger partial charge on any atom is 0.390 e.